The molecule has 168 valence electrons. The first-order valence-corrected chi connectivity index (χ1v) is 10.6. The number of nitrogens with one attached hydrogen (secondary N) is 2. The van der Waals surface area contributed by atoms with Crippen LogP contribution in [0.1, 0.15) is 53.1 Å². The number of anilines is 1. The monoisotopic (exact) mass is 482 g/mol. The number of amides is 1. The van der Waals surface area contributed by atoms with Crippen molar-refractivity contribution in [1.82, 2.24) is 15.1 Å². The summed E-state index contributed by atoms with van der Waals surface area (Å²) in [6.07, 6.45) is -4.86. The van der Waals surface area contributed by atoms with Gasteiger partial charge in [-0.3, -0.25) is 4.79 Å². The summed E-state index contributed by atoms with van der Waals surface area (Å²) >= 11 is 12.0. The van der Waals surface area contributed by atoms with E-state index in [2.05, 4.69) is 15.7 Å². The van der Waals surface area contributed by atoms with Gasteiger partial charge in [-0.1, -0.05) is 59.6 Å². The fourth-order valence-corrected chi connectivity index (χ4v) is 4.03. The first-order valence-electron chi connectivity index (χ1n) is 9.87. The first kappa shape index (κ1) is 22.5. The maximum absolute atomic E-state index is 13.9. The lowest BCUT2D eigenvalue weighted by molar-refractivity contribution is -0.173. The smallest absolute Gasteiger partial charge is 0.363 e. The number of hydrogen-bond donors (Lipinski definition) is 2. The van der Waals surface area contributed by atoms with E-state index in [0.29, 0.717) is 10.6 Å². The molecule has 0 aliphatic carbocycles. The highest BCUT2D eigenvalue weighted by Gasteiger charge is 2.46. The lowest BCUT2D eigenvalue weighted by Gasteiger charge is -2.33. The molecule has 2 N–H and O–H groups in total. The average Bonchev–Trinajstić information content (AvgIpc) is 3.19. The molecule has 1 aromatic heterocycles. The Morgan fingerprint density at radius 1 is 1.16 bits per heavy atom. The number of hydrogen-bond acceptors (Lipinski definition) is 3. The van der Waals surface area contributed by atoms with Gasteiger partial charge in [0.2, 0.25) is 0 Å². The van der Waals surface area contributed by atoms with Gasteiger partial charge in [-0.25, -0.2) is 4.68 Å². The fourth-order valence-electron chi connectivity index (χ4n) is 3.73. The van der Waals surface area contributed by atoms with Crippen molar-refractivity contribution < 1.29 is 18.0 Å². The van der Waals surface area contributed by atoms with E-state index in [9.17, 15) is 18.0 Å². The molecule has 10 heteroatoms. The molecule has 0 spiro atoms. The summed E-state index contributed by atoms with van der Waals surface area (Å²) in [6, 6.07) is 12.4. The first-order chi connectivity index (χ1) is 15.1. The molecule has 0 saturated carbocycles. The number of halogens is 5. The molecule has 0 saturated heterocycles. The van der Waals surface area contributed by atoms with Gasteiger partial charge in [-0.15, -0.1) is 0 Å². The van der Waals surface area contributed by atoms with Crippen molar-refractivity contribution in [1.29, 1.82) is 0 Å². The summed E-state index contributed by atoms with van der Waals surface area (Å²) in [4.78, 5) is 12.7. The van der Waals surface area contributed by atoms with Gasteiger partial charge in [0.05, 0.1) is 22.1 Å². The van der Waals surface area contributed by atoms with Gasteiger partial charge in [0.15, 0.2) is 11.7 Å². The predicted octanol–water partition coefficient (Wildman–Crippen LogP) is 6.34. The quantitative estimate of drug-likeness (QED) is 0.455. The Hall–Kier alpha value is -2.71. The molecule has 2 aromatic carbocycles. The lowest BCUT2D eigenvalue weighted by Crippen LogP contribution is -2.36. The number of carbonyl (C=O) groups excluding carboxylic acids is 1. The molecule has 4 rings (SSSR count). The number of alkyl halides is 3. The van der Waals surface area contributed by atoms with Crippen molar-refractivity contribution in [3.8, 4) is 0 Å². The van der Waals surface area contributed by atoms with Crippen molar-refractivity contribution in [3.63, 3.8) is 0 Å². The van der Waals surface area contributed by atoms with Crippen LogP contribution in [0.5, 0.6) is 0 Å². The highest BCUT2D eigenvalue weighted by molar-refractivity contribution is 6.42. The zero-order valence-electron chi connectivity index (χ0n) is 16.8. The van der Waals surface area contributed by atoms with Gasteiger partial charge in [0.1, 0.15) is 5.82 Å². The molecule has 0 unspecified atom stereocenters. The summed E-state index contributed by atoms with van der Waals surface area (Å²) in [5.74, 6) is -0.454. The Labute approximate surface area is 192 Å². The highest BCUT2D eigenvalue weighted by Crippen LogP contribution is 2.44. The molecule has 0 radical (unpaired) electrons. The van der Waals surface area contributed by atoms with Crippen LogP contribution >= 0.6 is 23.2 Å². The number of fused-ring (bicyclic) bond motifs is 1. The molecule has 0 bridgehead atoms. The van der Waals surface area contributed by atoms with E-state index in [-0.39, 0.29) is 29.0 Å². The molecular formula is C22H19Cl2F3N4O. The minimum absolute atomic E-state index is 0.0979. The molecule has 3 atom stereocenters. The number of benzene rings is 2. The summed E-state index contributed by atoms with van der Waals surface area (Å²) in [5, 5.41) is 10.4. The Morgan fingerprint density at radius 3 is 2.53 bits per heavy atom. The summed E-state index contributed by atoms with van der Waals surface area (Å²) in [6.45, 7) is 1.79. The van der Waals surface area contributed by atoms with Gasteiger partial charge in [0, 0.05) is 12.5 Å². The van der Waals surface area contributed by atoms with Gasteiger partial charge in [-0.2, -0.15) is 18.3 Å². The van der Waals surface area contributed by atoms with Crippen LogP contribution in [0.25, 0.3) is 0 Å². The minimum Gasteiger partial charge on any atom is -0.363 e. The van der Waals surface area contributed by atoms with Gasteiger partial charge in [0.25, 0.3) is 5.91 Å². The normalized spacial score (nSPS) is 19.1. The molecule has 3 aromatic rings. The van der Waals surface area contributed by atoms with E-state index in [1.165, 1.54) is 12.1 Å². The summed E-state index contributed by atoms with van der Waals surface area (Å²) in [5.41, 5.74) is 1.33. The number of aromatic nitrogens is 2. The predicted molar refractivity (Wildman–Crippen MR) is 117 cm³/mol. The van der Waals surface area contributed by atoms with Gasteiger partial charge >= 0.3 is 6.18 Å². The highest BCUT2D eigenvalue weighted by atomic mass is 35.5. The standard InChI is InChI=1S/C22H19Cl2F3N4O/c1-12(13-5-3-2-4-6-13)28-21(32)18-11-20-29-17(14-7-8-15(23)16(24)9-14)10-19(22(25,26)27)31(20)30-18/h2-9,11-12,17,19,29H,10H2,1H3,(H,28,32)/t12-,17-,19-/m0/s1. The number of rotatable bonds is 4. The third-order valence-electron chi connectivity index (χ3n) is 5.42. The largest absolute Gasteiger partial charge is 0.410 e. The van der Waals surface area contributed by atoms with E-state index in [0.717, 1.165) is 10.2 Å². The van der Waals surface area contributed by atoms with Gasteiger partial charge < -0.3 is 10.6 Å². The summed E-state index contributed by atoms with van der Waals surface area (Å²) < 4.78 is 42.4. The number of nitrogens with zero attached hydrogens (tertiary/aromatic N) is 2. The SMILES string of the molecule is C[C@H](NC(=O)c1cc2n(n1)[C@H](C(F)(F)F)C[C@@H](c1ccc(Cl)c(Cl)c1)N2)c1ccccc1. The van der Waals surface area contributed by atoms with E-state index in [1.807, 2.05) is 30.3 Å². The Balaban J connectivity index is 1.61. The van der Waals surface area contributed by atoms with Crippen molar-refractivity contribution >= 4 is 34.9 Å². The Morgan fingerprint density at radius 2 is 1.88 bits per heavy atom. The number of carbonyl (C=O) groups is 1. The van der Waals surface area contributed by atoms with Crippen LogP contribution in [0, 0.1) is 0 Å². The van der Waals surface area contributed by atoms with Crippen molar-refractivity contribution in [2.75, 3.05) is 5.32 Å². The van der Waals surface area contributed by atoms with Crippen LogP contribution in [0.4, 0.5) is 19.0 Å². The van der Waals surface area contributed by atoms with Crippen LogP contribution < -0.4 is 10.6 Å². The van der Waals surface area contributed by atoms with E-state index >= 15 is 0 Å². The lowest BCUT2D eigenvalue weighted by atomic mass is 9.97. The second-order valence-electron chi connectivity index (χ2n) is 7.63. The molecule has 0 fully saturated rings. The summed E-state index contributed by atoms with van der Waals surface area (Å²) in [7, 11) is 0. The molecule has 1 aliphatic rings. The van der Waals surface area contributed by atoms with E-state index in [4.69, 9.17) is 23.2 Å². The molecule has 1 amide bonds. The second kappa shape index (κ2) is 8.67. The van der Waals surface area contributed by atoms with Crippen LogP contribution in [0.3, 0.4) is 0 Å². The maximum atomic E-state index is 13.9. The van der Waals surface area contributed by atoms with E-state index in [1.54, 1.807) is 19.1 Å². The second-order valence-corrected chi connectivity index (χ2v) is 8.44. The average molecular weight is 483 g/mol. The van der Waals surface area contributed by atoms with Crippen LogP contribution in [0.15, 0.2) is 54.6 Å². The molecular weight excluding hydrogens is 464 g/mol. The van der Waals surface area contributed by atoms with Crippen molar-refractivity contribution in [2.45, 2.75) is 37.6 Å². The third-order valence-corrected chi connectivity index (χ3v) is 6.15. The topological polar surface area (TPSA) is 59.0 Å². The van der Waals surface area contributed by atoms with Crippen LogP contribution in [-0.4, -0.2) is 21.9 Å². The fraction of sp³-hybridized carbons (Fsp3) is 0.273. The van der Waals surface area contributed by atoms with Crippen molar-refractivity contribution in [3.05, 3.63) is 81.5 Å². The van der Waals surface area contributed by atoms with Crippen molar-refractivity contribution in [2.24, 2.45) is 0 Å². The zero-order chi connectivity index (χ0) is 23.0. The zero-order valence-corrected chi connectivity index (χ0v) is 18.3. The molecule has 5 nitrogen and oxygen atoms in total. The maximum Gasteiger partial charge on any atom is 0.410 e. The third kappa shape index (κ3) is 4.56. The van der Waals surface area contributed by atoms with Crippen LogP contribution in [0.2, 0.25) is 10.0 Å². The Bertz CT molecular complexity index is 1130. The Kier molecular flexibility index (Phi) is 6.09. The minimum atomic E-state index is -4.55. The van der Waals surface area contributed by atoms with Gasteiger partial charge in [-0.05, 0) is 30.2 Å². The molecule has 32 heavy (non-hydrogen) atoms. The molecule has 2 heterocycles. The van der Waals surface area contributed by atoms with Crippen LogP contribution in [-0.2, 0) is 0 Å². The molecule has 1 aliphatic heterocycles. The van der Waals surface area contributed by atoms with E-state index < -0.39 is 24.2 Å².